The maximum atomic E-state index is 15.5. The Morgan fingerprint density at radius 3 is 2.16 bits per heavy atom. The van der Waals surface area contributed by atoms with E-state index in [4.69, 9.17) is 0 Å². The molecule has 5 aromatic carbocycles. The van der Waals surface area contributed by atoms with E-state index in [1.54, 1.807) is 12.1 Å². The molecule has 0 N–H and O–H groups in total. The van der Waals surface area contributed by atoms with Crippen molar-refractivity contribution in [2.75, 3.05) is 0 Å². The van der Waals surface area contributed by atoms with Crippen molar-refractivity contribution >= 4 is 43.5 Å². The highest BCUT2D eigenvalue weighted by Crippen LogP contribution is 2.39. The number of para-hydroxylation sites is 2. The lowest BCUT2D eigenvalue weighted by molar-refractivity contribution is -0.633. The molecule has 0 unspecified atom stereocenters. The normalized spacial score (nSPS) is 12.4. The average molecular weight is 580 g/mol. The van der Waals surface area contributed by atoms with Crippen LogP contribution in [0.3, 0.4) is 0 Å². The second-order valence-electron chi connectivity index (χ2n) is 13.8. The van der Waals surface area contributed by atoms with Crippen molar-refractivity contribution in [2.24, 2.45) is 13.0 Å². The van der Waals surface area contributed by atoms with Crippen LogP contribution < -0.4 is 4.57 Å². The maximum Gasteiger partial charge on any atom is 0.215 e. The molecule has 0 radical (unpaired) electrons. The number of fused-ring (bicyclic) bond motifs is 5. The van der Waals surface area contributed by atoms with Crippen LogP contribution in [0.15, 0.2) is 97.1 Å². The fraction of sp³-hybridized carbons (Fsp3) is 0.244. The van der Waals surface area contributed by atoms with Crippen LogP contribution in [0, 0.1) is 18.7 Å². The number of aromatic nitrogens is 2. The SMILES string of the molecule is Cc1c(-c2cc(CC(C)C)c3ccc(-n4c5ccccc5c5cccc(F)c54)cc3[n+]2C)cc(C(C)(C)C)c2ccccc12. The third kappa shape index (κ3) is 4.40. The van der Waals surface area contributed by atoms with E-state index in [1.807, 2.05) is 18.2 Å². The molecule has 7 aromatic rings. The number of pyridine rings is 1. The van der Waals surface area contributed by atoms with Crippen LogP contribution in [-0.4, -0.2) is 4.57 Å². The highest BCUT2D eigenvalue weighted by Gasteiger charge is 2.26. The Hall–Kier alpha value is -4.50. The number of hydrogen-bond acceptors (Lipinski definition) is 0. The van der Waals surface area contributed by atoms with Gasteiger partial charge in [-0.2, -0.15) is 4.57 Å². The lowest BCUT2D eigenvalue weighted by atomic mass is 9.80. The molecular formula is C41H40FN2+. The Bertz CT molecular complexity index is 2240. The molecule has 7 rings (SSSR count). The zero-order valence-electron chi connectivity index (χ0n) is 26.8. The average Bonchev–Trinajstić information content (AvgIpc) is 3.34. The molecule has 2 aromatic heterocycles. The van der Waals surface area contributed by atoms with Gasteiger partial charge in [-0.3, -0.25) is 0 Å². The second kappa shape index (κ2) is 10.3. The van der Waals surface area contributed by atoms with Crippen LogP contribution in [0.2, 0.25) is 0 Å². The van der Waals surface area contributed by atoms with Gasteiger partial charge >= 0.3 is 0 Å². The van der Waals surface area contributed by atoms with Gasteiger partial charge in [0.1, 0.15) is 12.9 Å². The van der Waals surface area contributed by atoms with Crippen LogP contribution in [0.4, 0.5) is 4.39 Å². The van der Waals surface area contributed by atoms with E-state index in [2.05, 4.69) is 124 Å². The lowest BCUT2D eigenvalue weighted by Gasteiger charge is -2.24. The van der Waals surface area contributed by atoms with Gasteiger partial charge in [-0.15, -0.1) is 0 Å². The minimum Gasteiger partial charge on any atom is -0.306 e. The van der Waals surface area contributed by atoms with Gasteiger partial charge in [-0.25, -0.2) is 4.39 Å². The monoisotopic (exact) mass is 579 g/mol. The summed E-state index contributed by atoms with van der Waals surface area (Å²) in [4.78, 5) is 0. The summed E-state index contributed by atoms with van der Waals surface area (Å²) in [6.45, 7) is 13.7. The summed E-state index contributed by atoms with van der Waals surface area (Å²) in [5, 5.41) is 5.85. The van der Waals surface area contributed by atoms with Crippen molar-refractivity contribution < 1.29 is 8.96 Å². The van der Waals surface area contributed by atoms with Crippen molar-refractivity contribution in [2.45, 2.75) is 53.4 Å². The summed E-state index contributed by atoms with van der Waals surface area (Å²) >= 11 is 0. The first-order valence-electron chi connectivity index (χ1n) is 15.7. The molecule has 220 valence electrons. The van der Waals surface area contributed by atoms with Crippen LogP contribution in [0.1, 0.15) is 51.3 Å². The summed E-state index contributed by atoms with van der Waals surface area (Å²) in [6.07, 6.45) is 0.979. The number of hydrogen-bond donors (Lipinski definition) is 0. The Kier molecular flexibility index (Phi) is 6.62. The fourth-order valence-electron chi connectivity index (χ4n) is 7.20. The standard InChI is InChI=1S/C41H40FN2/c1-25(2)21-27-22-38(34-24-35(41(4,5)6)31-14-9-8-13-29(31)26(34)3)43(7)39-23-28(19-20-30(27)39)44-37-18-11-10-15-32(37)33-16-12-17-36(42)40(33)44/h8-20,22-25H,21H2,1-7H3/q+1. The van der Waals surface area contributed by atoms with Gasteiger partial charge in [0.25, 0.3) is 0 Å². The van der Waals surface area contributed by atoms with E-state index in [-0.39, 0.29) is 11.2 Å². The predicted molar refractivity (Wildman–Crippen MR) is 184 cm³/mol. The molecule has 0 bridgehead atoms. The van der Waals surface area contributed by atoms with Crippen molar-refractivity contribution in [3.8, 4) is 16.9 Å². The molecule has 0 aliphatic heterocycles. The quantitative estimate of drug-likeness (QED) is 0.183. The molecular weight excluding hydrogens is 539 g/mol. The van der Waals surface area contributed by atoms with E-state index in [0.717, 1.165) is 33.9 Å². The summed E-state index contributed by atoms with van der Waals surface area (Å²) in [5.74, 6) is 0.298. The molecule has 2 nitrogen and oxygen atoms in total. The minimum atomic E-state index is -0.209. The zero-order chi connectivity index (χ0) is 30.9. The molecule has 44 heavy (non-hydrogen) atoms. The van der Waals surface area contributed by atoms with Crippen molar-refractivity contribution in [1.29, 1.82) is 0 Å². The van der Waals surface area contributed by atoms with Crippen LogP contribution >= 0.6 is 0 Å². The van der Waals surface area contributed by atoms with Gasteiger partial charge in [0.2, 0.25) is 11.2 Å². The van der Waals surface area contributed by atoms with E-state index in [1.165, 1.54) is 44.1 Å². The third-order valence-electron chi connectivity index (χ3n) is 9.29. The van der Waals surface area contributed by atoms with Crippen molar-refractivity contribution in [3.63, 3.8) is 0 Å². The highest BCUT2D eigenvalue weighted by atomic mass is 19.1. The first-order valence-corrected chi connectivity index (χ1v) is 15.7. The molecule has 3 heteroatoms. The number of nitrogens with zero attached hydrogens (tertiary/aromatic N) is 2. The van der Waals surface area contributed by atoms with Gasteiger partial charge in [-0.1, -0.05) is 89.2 Å². The number of benzene rings is 5. The molecule has 0 spiro atoms. The Morgan fingerprint density at radius 1 is 0.750 bits per heavy atom. The van der Waals surface area contributed by atoms with Gasteiger partial charge in [0.15, 0.2) is 0 Å². The maximum absolute atomic E-state index is 15.5. The molecule has 0 fully saturated rings. The van der Waals surface area contributed by atoms with Gasteiger partial charge in [0, 0.05) is 33.9 Å². The van der Waals surface area contributed by atoms with Crippen LogP contribution in [0.25, 0.3) is 60.4 Å². The second-order valence-corrected chi connectivity index (χ2v) is 13.8. The zero-order valence-corrected chi connectivity index (χ0v) is 26.8. The molecule has 0 saturated heterocycles. The molecule has 0 aliphatic carbocycles. The van der Waals surface area contributed by atoms with Gasteiger partial charge in [0.05, 0.1) is 16.7 Å². The van der Waals surface area contributed by atoms with Gasteiger partial charge < -0.3 is 4.57 Å². The molecule has 0 aliphatic rings. The predicted octanol–water partition coefficient (Wildman–Crippen LogP) is 10.5. The van der Waals surface area contributed by atoms with E-state index in [0.29, 0.717) is 11.4 Å². The first kappa shape index (κ1) is 28.3. The van der Waals surface area contributed by atoms with Crippen molar-refractivity contribution in [1.82, 2.24) is 4.57 Å². The molecule has 0 amide bonds. The number of halogens is 1. The first-order chi connectivity index (χ1) is 21.0. The van der Waals surface area contributed by atoms with E-state index in [9.17, 15) is 0 Å². The Balaban J connectivity index is 1.56. The third-order valence-corrected chi connectivity index (χ3v) is 9.29. The lowest BCUT2D eigenvalue weighted by Crippen LogP contribution is -2.33. The van der Waals surface area contributed by atoms with Crippen LogP contribution in [-0.2, 0) is 18.9 Å². The number of rotatable bonds is 4. The summed E-state index contributed by atoms with van der Waals surface area (Å²) in [5.41, 5.74) is 10.2. The van der Waals surface area contributed by atoms with E-state index < -0.39 is 0 Å². The largest absolute Gasteiger partial charge is 0.306 e. The molecule has 0 atom stereocenters. The minimum absolute atomic E-state index is 0.00792. The number of aryl methyl sites for hydroxylation is 2. The Morgan fingerprint density at radius 2 is 1.43 bits per heavy atom. The molecule has 2 heterocycles. The van der Waals surface area contributed by atoms with Crippen molar-refractivity contribution in [3.05, 3.63) is 120 Å². The summed E-state index contributed by atoms with van der Waals surface area (Å²) < 4.78 is 20.0. The Labute approximate surface area is 259 Å². The fourth-order valence-corrected chi connectivity index (χ4v) is 7.20. The smallest absolute Gasteiger partial charge is 0.215 e. The highest BCUT2D eigenvalue weighted by molar-refractivity contribution is 6.09. The van der Waals surface area contributed by atoms with Gasteiger partial charge in [-0.05, 0) is 82.5 Å². The topological polar surface area (TPSA) is 8.81 Å². The van der Waals surface area contributed by atoms with E-state index >= 15 is 4.39 Å². The molecule has 0 saturated carbocycles. The summed E-state index contributed by atoms with van der Waals surface area (Å²) in [6, 6.07) is 33.9. The van der Waals surface area contributed by atoms with Crippen LogP contribution in [0.5, 0.6) is 0 Å². The summed E-state index contributed by atoms with van der Waals surface area (Å²) in [7, 11) is 2.18.